The van der Waals surface area contributed by atoms with Crippen LogP contribution in [0.15, 0.2) is 54.9 Å². The van der Waals surface area contributed by atoms with E-state index in [1.807, 2.05) is 30.5 Å². The van der Waals surface area contributed by atoms with Gasteiger partial charge in [-0.2, -0.15) is 5.10 Å². The minimum Gasteiger partial charge on any atom is -0.497 e. The second kappa shape index (κ2) is 8.70. The third-order valence-electron chi connectivity index (χ3n) is 3.85. The Morgan fingerprint density at radius 2 is 2.00 bits per heavy atom. The maximum absolute atomic E-state index is 12.1. The van der Waals surface area contributed by atoms with Gasteiger partial charge in [-0.15, -0.1) is 0 Å². The minimum absolute atomic E-state index is 0.324. The molecular formula is C19H21N5O3. The number of anilines is 1. The van der Waals surface area contributed by atoms with Gasteiger partial charge in [0.2, 0.25) is 0 Å². The molecule has 0 spiro atoms. The number of pyridine rings is 1. The first-order chi connectivity index (χ1) is 13.2. The Labute approximate surface area is 157 Å². The fourth-order valence-electron chi connectivity index (χ4n) is 2.49. The van der Waals surface area contributed by atoms with Crippen molar-refractivity contribution in [1.82, 2.24) is 20.1 Å². The predicted octanol–water partition coefficient (Wildman–Crippen LogP) is 2.78. The van der Waals surface area contributed by atoms with Crippen LogP contribution in [0.2, 0.25) is 0 Å². The third kappa shape index (κ3) is 4.75. The van der Waals surface area contributed by atoms with Gasteiger partial charge in [0, 0.05) is 25.0 Å². The first-order valence-electron chi connectivity index (χ1n) is 8.41. The van der Waals surface area contributed by atoms with E-state index in [0.717, 1.165) is 11.4 Å². The number of hydrogen-bond donors (Lipinski definition) is 2. The number of carbonyl (C=O) groups excluding carboxylic acids is 1. The van der Waals surface area contributed by atoms with E-state index in [9.17, 15) is 4.79 Å². The lowest BCUT2D eigenvalue weighted by atomic mass is 10.2. The van der Waals surface area contributed by atoms with Crippen LogP contribution in [0.4, 0.5) is 10.5 Å². The average Bonchev–Trinajstić information content (AvgIpc) is 3.18. The summed E-state index contributed by atoms with van der Waals surface area (Å²) in [4.78, 5) is 16.4. The lowest BCUT2D eigenvalue weighted by molar-refractivity contribution is 0.251. The van der Waals surface area contributed by atoms with Crippen molar-refractivity contribution in [2.24, 2.45) is 0 Å². The fraction of sp³-hybridized carbons (Fsp3) is 0.211. The molecule has 0 radical (unpaired) electrons. The van der Waals surface area contributed by atoms with E-state index in [1.165, 1.54) is 7.11 Å². The van der Waals surface area contributed by atoms with Crippen LogP contribution >= 0.6 is 0 Å². The molecule has 0 fully saturated rings. The van der Waals surface area contributed by atoms with Gasteiger partial charge in [-0.3, -0.25) is 9.67 Å². The maximum Gasteiger partial charge on any atom is 0.319 e. The smallest absolute Gasteiger partial charge is 0.319 e. The molecule has 0 aliphatic heterocycles. The molecule has 0 aliphatic rings. The van der Waals surface area contributed by atoms with E-state index >= 15 is 0 Å². The lowest BCUT2D eigenvalue weighted by Gasteiger charge is -2.12. The highest BCUT2D eigenvalue weighted by Gasteiger charge is 2.09. The van der Waals surface area contributed by atoms with Crippen molar-refractivity contribution < 1.29 is 14.3 Å². The lowest BCUT2D eigenvalue weighted by Crippen LogP contribution is -2.31. The van der Waals surface area contributed by atoms with E-state index in [-0.39, 0.29) is 6.03 Å². The molecule has 1 aromatic carbocycles. The van der Waals surface area contributed by atoms with Gasteiger partial charge in [0.05, 0.1) is 32.1 Å². The Balaban J connectivity index is 1.51. The number of amides is 2. The van der Waals surface area contributed by atoms with Gasteiger partial charge in [0.1, 0.15) is 17.2 Å². The quantitative estimate of drug-likeness (QED) is 0.670. The molecule has 0 unspecified atom stereocenters. The normalized spacial score (nSPS) is 10.3. The van der Waals surface area contributed by atoms with Crippen molar-refractivity contribution in [1.29, 1.82) is 0 Å². The number of rotatable bonds is 7. The Hall–Kier alpha value is -3.55. The molecule has 2 heterocycles. The molecule has 0 saturated heterocycles. The van der Waals surface area contributed by atoms with Crippen molar-refractivity contribution in [3.8, 4) is 22.9 Å². The first-order valence-corrected chi connectivity index (χ1v) is 8.41. The highest BCUT2D eigenvalue weighted by Crippen LogP contribution is 2.28. The number of aromatic nitrogens is 3. The molecule has 2 amide bonds. The molecule has 0 aliphatic carbocycles. The zero-order valence-electron chi connectivity index (χ0n) is 15.2. The summed E-state index contributed by atoms with van der Waals surface area (Å²) in [6, 6.07) is 12.4. The second-order valence-electron chi connectivity index (χ2n) is 5.63. The van der Waals surface area contributed by atoms with Gasteiger partial charge >= 0.3 is 6.03 Å². The van der Waals surface area contributed by atoms with Gasteiger partial charge < -0.3 is 20.1 Å². The molecule has 3 aromatic rings. The molecule has 27 heavy (non-hydrogen) atoms. The van der Waals surface area contributed by atoms with Crippen LogP contribution in [-0.4, -0.2) is 41.6 Å². The van der Waals surface area contributed by atoms with Crippen molar-refractivity contribution in [3.05, 3.63) is 54.9 Å². The van der Waals surface area contributed by atoms with Crippen LogP contribution in [-0.2, 0) is 6.54 Å². The summed E-state index contributed by atoms with van der Waals surface area (Å²) in [6.07, 6.45) is 3.59. The van der Waals surface area contributed by atoms with Crippen LogP contribution in [0.25, 0.3) is 11.4 Å². The number of benzene rings is 1. The first kappa shape index (κ1) is 18.2. The molecule has 3 rings (SSSR count). The van der Waals surface area contributed by atoms with Crippen LogP contribution in [0, 0.1) is 0 Å². The average molecular weight is 367 g/mol. The summed E-state index contributed by atoms with van der Waals surface area (Å²) in [7, 11) is 3.11. The Morgan fingerprint density at radius 3 is 2.74 bits per heavy atom. The standard InChI is InChI=1S/C19H21N5O3/c1-26-14-6-7-17(18(13-14)27-2)22-19(25)21-10-12-24-11-8-16(23-24)15-5-3-4-9-20-15/h3-9,11,13H,10,12H2,1-2H3,(H2,21,22,25). The molecule has 0 saturated carbocycles. The van der Waals surface area contributed by atoms with Crippen molar-refractivity contribution >= 4 is 11.7 Å². The van der Waals surface area contributed by atoms with Crippen LogP contribution in [0.1, 0.15) is 0 Å². The van der Waals surface area contributed by atoms with Gasteiger partial charge in [-0.1, -0.05) is 6.07 Å². The zero-order chi connectivity index (χ0) is 19.1. The summed E-state index contributed by atoms with van der Waals surface area (Å²) in [5.74, 6) is 1.18. The molecule has 0 atom stereocenters. The predicted molar refractivity (Wildman–Crippen MR) is 102 cm³/mol. The zero-order valence-corrected chi connectivity index (χ0v) is 15.2. The van der Waals surface area contributed by atoms with E-state index in [2.05, 4.69) is 20.7 Å². The monoisotopic (exact) mass is 367 g/mol. The number of nitrogens with one attached hydrogen (secondary N) is 2. The fourth-order valence-corrected chi connectivity index (χ4v) is 2.49. The topological polar surface area (TPSA) is 90.3 Å². The second-order valence-corrected chi connectivity index (χ2v) is 5.63. The summed E-state index contributed by atoms with van der Waals surface area (Å²) >= 11 is 0. The summed E-state index contributed by atoms with van der Waals surface area (Å²) in [5.41, 5.74) is 2.17. The molecule has 2 aromatic heterocycles. The Kier molecular flexibility index (Phi) is 5.88. The van der Waals surface area contributed by atoms with Crippen molar-refractivity contribution in [3.63, 3.8) is 0 Å². The van der Waals surface area contributed by atoms with Gasteiger partial charge in [-0.05, 0) is 30.3 Å². The van der Waals surface area contributed by atoms with Crippen LogP contribution < -0.4 is 20.1 Å². The van der Waals surface area contributed by atoms with E-state index < -0.39 is 0 Å². The van der Waals surface area contributed by atoms with Gasteiger partial charge in [-0.25, -0.2) is 4.79 Å². The number of hydrogen-bond acceptors (Lipinski definition) is 5. The van der Waals surface area contributed by atoms with Crippen LogP contribution in [0.3, 0.4) is 0 Å². The maximum atomic E-state index is 12.1. The largest absolute Gasteiger partial charge is 0.497 e. The van der Waals surface area contributed by atoms with E-state index in [1.54, 1.807) is 36.2 Å². The molecule has 8 heteroatoms. The van der Waals surface area contributed by atoms with Crippen molar-refractivity contribution in [2.45, 2.75) is 6.54 Å². The summed E-state index contributed by atoms with van der Waals surface area (Å²) in [6.45, 7) is 0.966. The summed E-state index contributed by atoms with van der Waals surface area (Å²) < 4.78 is 12.2. The Morgan fingerprint density at radius 1 is 1.11 bits per heavy atom. The number of urea groups is 1. The third-order valence-corrected chi connectivity index (χ3v) is 3.85. The molecule has 2 N–H and O–H groups in total. The van der Waals surface area contributed by atoms with E-state index in [4.69, 9.17) is 9.47 Å². The number of nitrogens with zero attached hydrogens (tertiary/aromatic N) is 3. The Bertz CT molecular complexity index is 895. The SMILES string of the molecule is COc1ccc(NC(=O)NCCn2ccc(-c3ccccn3)n2)c(OC)c1. The molecule has 8 nitrogen and oxygen atoms in total. The molecule has 140 valence electrons. The van der Waals surface area contributed by atoms with Crippen molar-refractivity contribution in [2.75, 3.05) is 26.1 Å². The number of methoxy groups -OCH3 is 2. The van der Waals surface area contributed by atoms with Crippen LogP contribution in [0.5, 0.6) is 11.5 Å². The number of carbonyl (C=O) groups is 1. The minimum atomic E-state index is -0.324. The number of ether oxygens (including phenoxy) is 2. The highest BCUT2D eigenvalue weighted by atomic mass is 16.5. The summed E-state index contributed by atoms with van der Waals surface area (Å²) in [5, 5.41) is 10.0. The van der Waals surface area contributed by atoms with Gasteiger partial charge in [0.25, 0.3) is 0 Å². The molecule has 0 bridgehead atoms. The molecular weight excluding hydrogens is 346 g/mol. The van der Waals surface area contributed by atoms with Gasteiger partial charge in [0.15, 0.2) is 0 Å². The van der Waals surface area contributed by atoms with E-state index in [0.29, 0.717) is 30.3 Å². The highest BCUT2D eigenvalue weighted by molar-refractivity contribution is 5.91.